The summed E-state index contributed by atoms with van der Waals surface area (Å²) in [5, 5.41) is 12.8. The Morgan fingerprint density at radius 2 is 2.24 bits per heavy atom. The summed E-state index contributed by atoms with van der Waals surface area (Å²) in [6, 6.07) is 1.46. The van der Waals surface area contributed by atoms with Crippen molar-refractivity contribution < 1.29 is 14.7 Å². The van der Waals surface area contributed by atoms with Crippen molar-refractivity contribution in [2.24, 2.45) is 7.05 Å². The third-order valence-electron chi connectivity index (χ3n) is 2.62. The average molecular weight is 239 g/mol. The van der Waals surface area contributed by atoms with Crippen LogP contribution in [0.25, 0.3) is 0 Å². The molecule has 0 fully saturated rings. The molecule has 1 aromatic heterocycles. The first-order valence-electron chi connectivity index (χ1n) is 5.48. The Labute approximate surface area is 99.8 Å². The quantitative estimate of drug-likeness (QED) is 0.822. The molecule has 1 heterocycles. The molecule has 0 aliphatic rings. The normalized spacial score (nSPS) is 12.2. The van der Waals surface area contributed by atoms with Gasteiger partial charge in [0.2, 0.25) is 0 Å². The Balaban J connectivity index is 2.89. The second-order valence-corrected chi connectivity index (χ2v) is 3.96. The molecule has 0 saturated carbocycles. The van der Waals surface area contributed by atoms with Gasteiger partial charge in [0.1, 0.15) is 12.2 Å². The minimum absolute atomic E-state index is 0.124. The van der Waals surface area contributed by atoms with Crippen LogP contribution in [0.15, 0.2) is 12.3 Å². The smallest absolute Gasteiger partial charge is 0.323 e. The maximum Gasteiger partial charge on any atom is 0.323 e. The molecule has 0 aromatic carbocycles. The van der Waals surface area contributed by atoms with Gasteiger partial charge in [-0.25, -0.2) is 0 Å². The highest BCUT2D eigenvalue weighted by molar-refractivity contribution is 5.94. The first kappa shape index (κ1) is 13.2. The molecule has 1 rings (SSSR count). The zero-order valence-electron chi connectivity index (χ0n) is 10.3. The molecule has 6 nitrogen and oxygen atoms in total. The molecule has 17 heavy (non-hydrogen) atoms. The number of carbonyl (C=O) groups is 2. The van der Waals surface area contributed by atoms with Crippen LogP contribution in [-0.4, -0.2) is 44.3 Å². The third-order valence-corrected chi connectivity index (χ3v) is 2.62. The van der Waals surface area contributed by atoms with Crippen LogP contribution in [0.3, 0.4) is 0 Å². The lowest BCUT2D eigenvalue weighted by Crippen LogP contribution is -2.42. The summed E-state index contributed by atoms with van der Waals surface area (Å²) >= 11 is 0. The number of hydrogen-bond acceptors (Lipinski definition) is 3. The highest BCUT2D eigenvalue weighted by atomic mass is 16.4. The summed E-state index contributed by atoms with van der Waals surface area (Å²) in [4.78, 5) is 24.2. The fourth-order valence-electron chi connectivity index (χ4n) is 1.47. The van der Waals surface area contributed by atoms with E-state index in [0.29, 0.717) is 6.42 Å². The monoisotopic (exact) mass is 239 g/mol. The van der Waals surface area contributed by atoms with E-state index in [4.69, 9.17) is 5.11 Å². The van der Waals surface area contributed by atoms with E-state index in [9.17, 15) is 9.59 Å². The highest BCUT2D eigenvalue weighted by Crippen LogP contribution is 2.09. The predicted molar refractivity (Wildman–Crippen MR) is 61.6 cm³/mol. The molecule has 1 atom stereocenters. The standard InChI is InChI=1S/C11H17N3O3/c1-4-8(2)14(7-10(15)16)11(17)9-5-6-13(3)12-9/h5-6,8H,4,7H2,1-3H3,(H,15,16). The van der Waals surface area contributed by atoms with Gasteiger partial charge in [0, 0.05) is 19.3 Å². The molecule has 0 aliphatic heterocycles. The molecular formula is C11H17N3O3. The Morgan fingerprint density at radius 3 is 2.65 bits per heavy atom. The van der Waals surface area contributed by atoms with Crippen LogP contribution in [0.2, 0.25) is 0 Å². The predicted octanol–water partition coefficient (Wildman–Crippen LogP) is 0.745. The number of carbonyl (C=O) groups excluding carboxylic acids is 1. The van der Waals surface area contributed by atoms with Crippen LogP contribution in [0.4, 0.5) is 0 Å². The van der Waals surface area contributed by atoms with Crippen molar-refractivity contribution in [1.29, 1.82) is 0 Å². The summed E-state index contributed by atoms with van der Waals surface area (Å²) in [5.41, 5.74) is 0.272. The van der Waals surface area contributed by atoms with Crippen molar-refractivity contribution in [3.63, 3.8) is 0 Å². The molecular weight excluding hydrogens is 222 g/mol. The van der Waals surface area contributed by atoms with Crippen molar-refractivity contribution in [3.8, 4) is 0 Å². The van der Waals surface area contributed by atoms with Crippen LogP contribution >= 0.6 is 0 Å². The maximum absolute atomic E-state index is 12.1. The molecule has 1 unspecified atom stereocenters. The number of aryl methyl sites for hydroxylation is 1. The molecule has 0 saturated heterocycles. The summed E-state index contributed by atoms with van der Waals surface area (Å²) < 4.78 is 1.52. The largest absolute Gasteiger partial charge is 0.480 e. The van der Waals surface area contributed by atoms with E-state index in [2.05, 4.69) is 5.10 Å². The Hall–Kier alpha value is -1.85. The van der Waals surface area contributed by atoms with Crippen LogP contribution in [0.1, 0.15) is 30.8 Å². The van der Waals surface area contributed by atoms with Crippen LogP contribution < -0.4 is 0 Å². The molecule has 1 N–H and O–H groups in total. The average Bonchev–Trinajstić information content (AvgIpc) is 2.70. The van der Waals surface area contributed by atoms with Gasteiger partial charge >= 0.3 is 5.97 Å². The van der Waals surface area contributed by atoms with E-state index >= 15 is 0 Å². The second kappa shape index (κ2) is 5.47. The molecule has 94 valence electrons. The van der Waals surface area contributed by atoms with Crippen molar-refractivity contribution in [3.05, 3.63) is 18.0 Å². The van der Waals surface area contributed by atoms with Gasteiger partial charge in [0.05, 0.1) is 0 Å². The Morgan fingerprint density at radius 1 is 1.59 bits per heavy atom. The van der Waals surface area contributed by atoms with E-state index in [0.717, 1.165) is 0 Å². The number of hydrogen-bond donors (Lipinski definition) is 1. The van der Waals surface area contributed by atoms with Crippen molar-refractivity contribution in [2.45, 2.75) is 26.3 Å². The van der Waals surface area contributed by atoms with Gasteiger partial charge < -0.3 is 10.0 Å². The number of nitrogens with zero attached hydrogens (tertiary/aromatic N) is 3. The SMILES string of the molecule is CCC(C)N(CC(=O)O)C(=O)c1ccn(C)n1. The number of rotatable bonds is 5. The van der Waals surface area contributed by atoms with E-state index in [1.165, 1.54) is 9.58 Å². The molecule has 6 heteroatoms. The van der Waals surface area contributed by atoms with Gasteiger partial charge in [-0.1, -0.05) is 6.92 Å². The summed E-state index contributed by atoms with van der Waals surface area (Å²) in [7, 11) is 1.71. The Bertz CT molecular complexity index is 414. The molecule has 1 aromatic rings. The van der Waals surface area contributed by atoms with E-state index in [1.807, 2.05) is 13.8 Å². The van der Waals surface area contributed by atoms with Gasteiger partial charge in [0.25, 0.3) is 5.91 Å². The van der Waals surface area contributed by atoms with Crippen LogP contribution in [0, 0.1) is 0 Å². The molecule has 0 aliphatic carbocycles. The highest BCUT2D eigenvalue weighted by Gasteiger charge is 2.24. The Kier molecular flexibility index (Phi) is 4.25. The van der Waals surface area contributed by atoms with E-state index in [-0.39, 0.29) is 24.2 Å². The van der Waals surface area contributed by atoms with E-state index in [1.54, 1.807) is 19.3 Å². The lowest BCUT2D eigenvalue weighted by atomic mass is 10.2. The maximum atomic E-state index is 12.1. The van der Waals surface area contributed by atoms with Gasteiger partial charge in [-0.2, -0.15) is 5.10 Å². The minimum Gasteiger partial charge on any atom is -0.480 e. The van der Waals surface area contributed by atoms with Crippen molar-refractivity contribution in [1.82, 2.24) is 14.7 Å². The number of amides is 1. The fraction of sp³-hybridized carbons (Fsp3) is 0.545. The van der Waals surface area contributed by atoms with E-state index < -0.39 is 5.97 Å². The molecule has 1 amide bonds. The van der Waals surface area contributed by atoms with Crippen LogP contribution in [-0.2, 0) is 11.8 Å². The first-order valence-corrected chi connectivity index (χ1v) is 5.48. The zero-order chi connectivity index (χ0) is 13.0. The molecule has 0 bridgehead atoms. The summed E-state index contributed by atoms with van der Waals surface area (Å²) in [5.74, 6) is -1.36. The fourth-order valence-corrected chi connectivity index (χ4v) is 1.47. The minimum atomic E-state index is -1.02. The second-order valence-electron chi connectivity index (χ2n) is 3.96. The number of carboxylic acids is 1. The van der Waals surface area contributed by atoms with Gasteiger partial charge in [-0.05, 0) is 19.4 Å². The van der Waals surface area contributed by atoms with Crippen molar-refractivity contribution in [2.75, 3.05) is 6.54 Å². The lowest BCUT2D eigenvalue weighted by molar-refractivity contribution is -0.138. The molecule has 0 spiro atoms. The number of carboxylic acid groups (broad SMARTS) is 1. The topological polar surface area (TPSA) is 75.4 Å². The third kappa shape index (κ3) is 3.30. The van der Waals surface area contributed by atoms with Gasteiger partial charge in [0.15, 0.2) is 0 Å². The molecule has 0 radical (unpaired) electrons. The van der Waals surface area contributed by atoms with Gasteiger partial charge in [-0.3, -0.25) is 14.3 Å². The van der Waals surface area contributed by atoms with Gasteiger partial charge in [-0.15, -0.1) is 0 Å². The summed E-state index contributed by atoms with van der Waals surface area (Å²) in [6.45, 7) is 3.43. The zero-order valence-corrected chi connectivity index (χ0v) is 10.3. The summed E-state index contributed by atoms with van der Waals surface area (Å²) in [6.07, 6.45) is 2.36. The lowest BCUT2D eigenvalue weighted by Gasteiger charge is -2.26. The first-order chi connectivity index (χ1) is 7.95. The van der Waals surface area contributed by atoms with Crippen LogP contribution in [0.5, 0.6) is 0 Å². The number of aliphatic carboxylic acids is 1. The number of aromatic nitrogens is 2. The van der Waals surface area contributed by atoms with Crippen molar-refractivity contribution >= 4 is 11.9 Å².